The summed E-state index contributed by atoms with van der Waals surface area (Å²) in [6, 6.07) is 15.8. The summed E-state index contributed by atoms with van der Waals surface area (Å²) in [6.45, 7) is 0.00634. The van der Waals surface area contributed by atoms with Crippen LogP contribution in [0.3, 0.4) is 0 Å². The van der Waals surface area contributed by atoms with E-state index in [9.17, 15) is 13.6 Å². The third kappa shape index (κ3) is 3.71. The van der Waals surface area contributed by atoms with Gasteiger partial charge in [0.15, 0.2) is 0 Å². The van der Waals surface area contributed by atoms with Crippen molar-refractivity contribution in [2.45, 2.75) is 6.54 Å². The van der Waals surface area contributed by atoms with Gasteiger partial charge in [0.05, 0.1) is 16.8 Å². The molecule has 4 rings (SSSR count). The van der Waals surface area contributed by atoms with Crippen LogP contribution in [0.2, 0.25) is 0 Å². The average molecular weight is 375 g/mol. The Labute approximate surface area is 159 Å². The van der Waals surface area contributed by atoms with Gasteiger partial charge in [-0.1, -0.05) is 18.2 Å². The summed E-state index contributed by atoms with van der Waals surface area (Å²) in [5, 5.41) is 3.42. The van der Waals surface area contributed by atoms with E-state index < -0.39 is 11.6 Å². The summed E-state index contributed by atoms with van der Waals surface area (Å²) < 4.78 is 26.7. The molecule has 138 valence electrons. The topological polar surface area (TPSA) is 54.9 Å². The standard InChI is InChI=1S/C22H15F2N3O/c23-16-8-14(9-17(24)10-16)12-26-22(28)19-11-21(15-4-3-7-25-13-15)27-20-6-2-1-5-18(19)20/h1-11,13H,12H2,(H,26,28). The molecule has 0 unspecified atom stereocenters. The molecule has 0 fully saturated rings. The van der Waals surface area contributed by atoms with Gasteiger partial charge in [-0.3, -0.25) is 9.78 Å². The number of halogens is 2. The van der Waals surface area contributed by atoms with E-state index in [1.807, 2.05) is 30.3 Å². The number of carbonyl (C=O) groups is 1. The van der Waals surface area contributed by atoms with Crippen LogP contribution in [0.5, 0.6) is 0 Å². The predicted octanol–water partition coefficient (Wildman–Crippen LogP) is 4.51. The van der Waals surface area contributed by atoms with Crippen LogP contribution in [-0.2, 0) is 6.54 Å². The number of nitrogens with one attached hydrogen (secondary N) is 1. The molecule has 4 aromatic rings. The van der Waals surface area contributed by atoms with E-state index in [1.165, 1.54) is 12.1 Å². The quantitative estimate of drug-likeness (QED) is 0.571. The number of nitrogens with zero attached hydrogens (tertiary/aromatic N) is 2. The van der Waals surface area contributed by atoms with Crippen LogP contribution in [0.25, 0.3) is 22.2 Å². The maximum Gasteiger partial charge on any atom is 0.252 e. The third-order valence-electron chi connectivity index (χ3n) is 4.29. The minimum absolute atomic E-state index is 0.00634. The van der Waals surface area contributed by atoms with E-state index >= 15 is 0 Å². The van der Waals surface area contributed by atoms with Crippen molar-refractivity contribution in [1.29, 1.82) is 0 Å². The second kappa shape index (κ2) is 7.52. The molecule has 2 heterocycles. The van der Waals surface area contributed by atoms with Crippen molar-refractivity contribution < 1.29 is 13.6 Å². The first-order valence-electron chi connectivity index (χ1n) is 8.63. The van der Waals surface area contributed by atoms with Crippen molar-refractivity contribution >= 4 is 16.8 Å². The number of carbonyl (C=O) groups excluding carboxylic acids is 1. The summed E-state index contributed by atoms with van der Waals surface area (Å²) in [5.74, 6) is -1.72. The summed E-state index contributed by atoms with van der Waals surface area (Å²) in [4.78, 5) is 21.6. The summed E-state index contributed by atoms with van der Waals surface area (Å²) >= 11 is 0. The smallest absolute Gasteiger partial charge is 0.252 e. The molecule has 0 bridgehead atoms. The highest BCUT2D eigenvalue weighted by Crippen LogP contribution is 2.24. The molecule has 0 spiro atoms. The molecule has 1 N–H and O–H groups in total. The zero-order valence-corrected chi connectivity index (χ0v) is 14.7. The Bertz CT molecular complexity index is 1140. The fraction of sp³-hybridized carbons (Fsp3) is 0.0455. The Morgan fingerprint density at radius 3 is 2.50 bits per heavy atom. The number of aromatic nitrogens is 2. The Kier molecular flexibility index (Phi) is 4.76. The molecular formula is C22H15F2N3O. The third-order valence-corrected chi connectivity index (χ3v) is 4.29. The highest BCUT2D eigenvalue weighted by molar-refractivity contribution is 6.07. The number of hydrogen-bond acceptors (Lipinski definition) is 3. The van der Waals surface area contributed by atoms with Crippen molar-refractivity contribution in [3.8, 4) is 11.3 Å². The fourth-order valence-corrected chi connectivity index (χ4v) is 3.02. The molecule has 0 aliphatic heterocycles. The van der Waals surface area contributed by atoms with E-state index in [0.717, 1.165) is 11.6 Å². The number of para-hydroxylation sites is 1. The Hall–Kier alpha value is -3.67. The van der Waals surface area contributed by atoms with Crippen LogP contribution in [-0.4, -0.2) is 15.9 Å². The maximum absolute atomic E-state index is 13.4. The lowest BCUT2D eigenvalue weighted by Gasteiger charge is -2.11. The van der Waals surface area contributed by atoms with Gasteiger partial charge < -0.3 is 5.32 Å². The molecule has 2 aromatic carbocycles. The lowest BCUT2D eigenvalue weighted by Crippen LogP contribution is -2.23. The minimum atomic E-state index is -0.683. The van der Waals surface area contributed by atoms with E-state index in [-0.39, 0.29) is 12.5 Å². The fourth-order valence-electron chi connectivity index (χ4n) is 3.02. The second-order valence-corrected chi connectivity index (χ2v) is 6.27. The first kappa shape index (κ1) is 17.7. The van der Waals surface area contributed by atoms with Crippen molar-refractivity contribution in [3.63, 3.8) is 0 Å². The zero-order chi connectivity index (χ0) is 19.5. The van der Waals surface area contributed by atoms with Gasteiger partial charge in [0.2, 0.25) is 0 Å². The molecule has 2 aromatic heterocycles. The van der Waals surface area contributed by atoms with Gasteiger partial charge in [0.25, 0.3) is 5.91 Å². The van der Waals surface area contributed by atoms with Gasteiger partial charge in [0.1, 0.15) is 11.6 Å². The van der Waals surface area contributed by atoms with Crippen molar-refractivity contribution in [2.75, 3.05) is 0 Å². The predicted molar refractivity (Wildman–Crippen MR) is 103 cm³/mol. The van der Waals surface area contributed by atoms with E-state index in [0.29, 0.717) is 27.7 Å². The van der Waals surface area contributed by atoms with Gasteiger partial charge in [-0.2, -0.15) is 0 Å². The number of rotatable bonds is 4. The number of benzene rings is 2. The first-order valence-corrected chi connectivity index (χ1v) is 8.63. The number of pyridine rings is 2. The van der Waals surface area contributed by atoms with Crippen molar-refractivity contribution in [1.82, 2.24) is 15.3 Å². The normalized spacial score (nSPS) is 10.8. The molecule has 0 aliphatic carbocycles. The summed E-state index contributed by atoms with van der Waals surface area (Å²) in [7, 11) is 0. The number of fused-ring (bicyclic) bond motifs is 1. The maximum atomic E-state index is 13.4. The Morgan fingerprint density at radius 1 is 0.964 bits per heavy atom. The average Bonchev–Trinajstić information content (AvgIpc) is 2.71. The minimum Gasteiger partial charge on any atom is -0.348 e. The monoisotopic (exact) mass is 375 g/mol. The number of amides is 1. The number of hydrogen-bond donors (Lipinski definition) is 1. The van der Waals surface area contributed by atoms with Gasteiger partial charge in [-0.15, -0.1) is 0 Å². The van der Waals surface area contributed by atoms with Gasteiger partial charge in [0, 0.05) is 36.0 Å². The van der Waals surface area contributed by atoms with Gasteiger partial charge >= 0.3 is 0 Å². The molecule has 6 heteroatoms. The van der Waals surface area contributed by atoms with Crippen molar-refractivity contribution in [3.05, 3.63) is 95.8 Å². The molecule has 0 saturated heterocycles. The van der Waals surface area contributed by atoms with Crippen molar-refractivity contribution in [2.24, 2.45) is 0 Å². The summed E-state index contributed by atoms with van der Waals surface area (Å²) in [5.41, 5.74) is 2.85. The molecule has 0 radical (unpaired) electrons. The molecule has 4 nitrogen and oxygen atoms in total. The van der Waals surface area contributed by atoms with E-state index in [1.54, 1.807) is 24.5 Å². The SMILES string of the molecule is O=C(NCc1cc(F)cc(F)c1)c1cc(-c2cccnc2)nc2ccccc12. The first-order chi connectivity index (χ1) is 13.6. The highest BCUT2D eigenvalue weighted by atomic mass is 19.1. The van der Waals surface area contributed by atoms with Crippen LogP contribution in [0.15, 0.2) is 73.1 Å². The summed E-state index contributed by atoms with van der Waals surface area (Å²) in [6.07, 6.45) is 3.34. The molecule has 0 aliphatic rings. The molecular weight excluding hydrogens is 360 g/mol. The lowest BCUT2D eigenvalue weighted by molar-refractivity contribution is 0.0952. The van der Waals surface area contributed by atoms with E-state index in [4.69, 9.17) is 0 Å². The van der Waals surface area contributed by atoms with Crippen LogP contribution >= 0.6 is 0 Å². The Morgan fingerprint density at radius 2 is 1.75 bits per heavy atom. The second-order valence-electron chi connectivity index (χ2n) is 6.27. The van der Waals surface area contributed by atoms with Crippen LogP contribution in [0.1, 0.15) is 15.9 Å². The molecule has 0 atom stereocenters. The largest absolute Gasteiger partial charge is 0.348 e. The van der Waals surface area contributed by atoms with Crippen LogP contribution < -0.4 is 5.32 Å². The van der Waals surface area contributed by atoms with Crippen LogP contribution in [0.4, 0.5) is 8.78 Å². The molecule has 0 saturated carbocycles. The van der Waals surface area contributed by atoms with Gasteiger partial charge in [-0.25, -0.2) is 13.8 Å². The van der Waals surface area contributed by atoms with Gasteiger partial charge in [-0.05, 0) is 42.0 Å². The lowest BCUT2D eigenvalue weighted by atomic mass is 10.0. The van der Waals surface area contributed by atoms with Crippen LogP contribution in [0, 0.1) is 11.6 Å². The molecule has 1 amide bonds. The highest BCUT2D eigenvalue weighted by Gasteiger charge is 2.14. The van der Waals surface area contributed by atoms with E-state index in [2.05, 4.69) is 15.3 Å². The zero-order valence-electron chi connectivity index (χ0n) is 14.7. The molecule has 28 heavy (non-hydrogen) atoms. The Balaban J connectivity index is 1.69.